The number of nitrogens with zero attached hydrogens (tertiary/aromatic N) is 4. The molecule has 4 heteroatoms. The van der Waals surface area contributed by atoms with Gasteiger partial charge in [-0.3, -0.25) is 0 Å². The molecule has 4 nitrogen and oxygen atoms in total. The maximum atomic E-state index is 5.16. The first kappa shape index (κ1) is 16.3. The maximum absolute atomic E-state index is 5.16. The highest BCUT2D eigenvalue weighted by Crippen LogP contribution is 2.46. The van der Waals surface area contributed by atoms with Crippen molar-refractivity contribution in [3.63, 3.8) is 0 Å². The Kier molecular flexibility index (Phi) is 3.85. The summed E-state index contributed by atoms with van der Waals surface area (Å²) in [6.07, 6.45) is 4.47. The molecule has 0 N–H and O–H groups in total. The Bertz CT molecular complexity index is 968. The van der Waals surface area contributed by atoms with Crippen molar-refractivity contribution in [2.24, 2.45) is 4.99 Å². The number of amidine groups is 1. The molecule has 1 aliphatic carbocycles. The predicted octanol–water partition coefficient (Wildman–Crippen LogP) is 5.11. The molecule has 2 aromatic carbocycles. The van der Waals surface area contributed by atoms with Crippen LogP contribution < -0.4 is 0 Å². The second kappa shape index (κ2) is 6.38. The molecule has 0 amide bonds. The van der Waals surface area contributed by atoms with Gasteiger partial charge in [0.2, 0.25) is 0 Å². The highest BCUT2D eigenvalue weighted by atomic mass is 15.4. The SMILES string of the molecule is CC(C)n1ncc2c1N=C(c1ccccc1)N(C1CC1)C2c1ccccc1. The number of hydrogen-bond donors (Lipinski definition) is 0. The highest BCUT2D eigenvalue weighted by Gasteiger charge is 2.42. The van der Waals surface area contributed by atoms with Crippen LogP contribution in [0.1, 0.15) is 55.5 Å². The van der Waals surface area contributed by atoms with E-state index in [1.807, 2.05) is 6.20 Å². The third kappa shape index (κ3) is 2.76. The van der Waals surface area contributed by atoms with E-state index in [0.29, 0.717) is 6.04 Å². The van der Waals surface area contributed by atoms with E-state index in [2.05, 4.69) is 84.1 Å². The molecule has 0 saturated heterocycles. The monoisotopic (exact) mass is 356 g/mol. The van der Waals surface area contributed by atoms with Gasteiger partial charge in [0.25, 0.3) is 0 Å². The second-order valence-corrected chi connectivity index (χ2v) is 7.71. The van der Waals surface area contributed by atoms with Crippen molar-refractivity contribution in [3.05, 3.63) is 83.6 Å². The molecule has 1 saturated carbocycles. The summed E-state index contributed by atoms with van der Waals surface area (Å²) in [7, 11) is 0. The van der Waals surface area contributed by atoms with Crippen molar-refractivity contribution in [2.45, 2.75) is 44.8 Å². The van der Waals surface area contributed by atoms with Gasteiger partial charge in [-0.2, -0.15) is 5.10 Å². The fourth-order valence-electron chi connectivity index (χ4n) is 4.00. The third-order valence-corrected chi connectivity index (χ3v) is 5.40. The minimum Gasteiger partial charge on any atom is -0.342 e. The Labute approximate surface area is 160 Å². The Hall–Kier alpha value is -2.88. The zero-order valence-electron chi connectivity index (χ0n) is 15.8. The van der Waals surface area contributed by atoms with E-state index >= 15 is 0 Å². The summed E-state index contributed by atoms with van der Waals surface area (Å²) in [6, 6.07) is 22.3. The topological polar surface area (TPSA) is 33.4 Å². The molecular formula is C23H24N4. The Morgan fingerprint density at radius 3 is 2.22 bits per heavy atom. The van der Waals surface area contributed by atoms with Gasteiger partial charge in [-0.1, -0.05) is 60.7 Å². The molecule has 136 valence electrons. The largest absolute Gasteiger partial charge is 0.342 e. The van der Waals surface area contributed by atoms with Crippen molar-refractivity contribution < 1.29 is 0 Å². The number of aromatic nitrogens is 2. The lowest BCUT2D eigenvalue weighted by atomic mass is 9.95. The second-order valence-electron chi connectivity index (χ2n) is 7.71. The standard InChI is InChI=1S/C23H24N4/c1-16(2)27-23-20(15-24-27)21(17-9-5-3-6-10-17)26(19-13-14-19)22(25-23)18-11-7-4-8-12-18/h3-12,15-16,19,21H,13-14H2,1-2H3. The van der Waals surface area contributed by atoms with Crippen LogP contribution in [0.15, 0.2) is 71.9 Å². The van der Waals surface area contributed by atoms with Crippen LogP contribution in [-0.4, -0.2) is 26.6 Å². The summed E-state index contributed by atoms with van der Waals surface area (Å²) < 4.78 is 2.05. The van der Waals surface area contributed by atoms with E-state index < -0.39 is 0 Å². The van der Waals surface area contributed by atoms with Crippen LogP contribution in [0.4, 0.5) is 5.82 Å². The average Bonchev–Trinajstić information content (AvgIpc) is 3.46. The minimum atomic E-state index is 0.161. The molecule has 0 spiro atoms. The molecule has 1 unspecified atom stereocenters. The maximum Gasteiger partial charge on any atom is 0.158 e. The fraction of sp³-hybridized carbons (Fsp3) is 0.304. The van der Waals surface area contributed by atoms with Crippen LogP contribution in [0, 0.1) is 0 Å². The summed E-state index contributed by atoms with van der Waals surface area (Å²) in [5.74, 6) is 2.07. The molecular weight excluding hydrogens is 332 g/mol. The molecule has 1 fully saturated rings. The van der Waals surface area contributed by atoms with Gasteiger partial charge in [-0.25, -0.2) is 9.67 Å². The van der Waals surface area contributed by atoms with E-state index in [-0.39, 0.29) is 12.1 Å². The third-order valence-electron chi connectivity index (χ3n) is 5.40. The van der Waals surface area contributed by atoms with E-state index in [1.54, 1.807) is 0 Å². The van der Waals surface area contributed by atoms with Gasteiger partial charge in [-0.05, 0) is 32.3 Å². The van der Waals surface area contributed by atoms with Gasteiger partial charge in [-0.15, -0.1) is 0 Å². The van der Waals surface area contributed by atoms with E-state index in [9.17, 15) is 0 Å². The van der Waals surface area contributed by atoms with E-state index in [1.165, 1.54) is 29.5 Å². The molecule has 0 bridgehead atoms. The summed E-state index contributed by atoms with van der Waals surface area (Å²) >= 11 is 0. The van der Waals surface area contributed by atoms with Gasteiger partial charge < -0.3 is 4.90 Å². The summed E-state index contributed by atoms with van der Waals surface area (Å²) in [5.41, 5.74) is 3.69. The van der Waals surface area contributed by atoms with E-state index in [4.69, 9.17) is 10.1 Å². The minimum absolute atomic E-state index is 0.161. The molecule has 27 heavy (non-hydrogen) atoms. The number of aliphatic imine (C=N–C) groups is 1. The molecule has 0 radical (unpaired) electrons. The molecule has 1 atom stereocenters. The molecule has 2 heterocycles. The lowest BCUT2D eigenvalue weighted by Gasteiger charge is -2.38. The van der Waals surface area contributed by atoms with Crippen LogP contribution >= 0.6 is 0 Å². The van der Waals surface area contributed by atoms with Gasteiger partial charge in [0.15, 0.2) is 5.82 Å². The zero-order chi connectivity index (χ0) is 18.4. The summed E-state index contributed by atoms with van der Waals surface area (Å²) in [5, 5.41) is 4.70. The lowest BCUT2D eigenvalue weighted by molar-refractivity contribution is 0.341. The quantitative estimate of drug-likeness (QED) is 0.651. The Morgan fingerprint density at radius 1 is 0.926 bits per heavy atom. The highest BCUT2D eigenvalue weighted by molar-refractivity contribution is 6.02. The van der Waals surface area contributed by atoms with Crippen LogP contribution in [0.25, 0.3) is 0 Å². The lowest BCUT2D eigenvalue weighted by Crippen LogP contribution is -2.40. The normalized spacial score (nSPS) is 19.1. The summed E-state index contributed by atoms with van der Waals surface area (Å²) in [6.45, 7) is 4.32. The van der Waals surface area contributed by atoms with Crippen LogP contribution in [0.5, 0.6) is 0 Å². The van der Waals surface area contributed by atoms with Gasteiger partial charge in [0.05, 0.1) is 12.2 Å². The number of fused-ring (bicyclic) bond motifs is 1. The van der Waals surface area contributed by atoms with Crippen molar-refractivity contribution in [1.82, 2.24) is 14.7 Å². The van der Waals surface area contributed by atoms with Gasteiger partial charge in [0, 0.05) is 23.2 Å². The number of rotatable bonds is 4. The summed E-state index contributed by atoms with van der Waals surface area (Å²) in [4.78, 5) is 7.69. The number of hydrogen-bond acceptors (Lipinski definition) is 3. The smallest absolute Gasteiger partial charge is 0.158 e. The van der Waals surface area contributed by atoms with Crippen molar-refractivity contribution >= 4 is 11.7 Å². The Balaban J connectivity index is 1.75. The zero-order valence-corrected chi connectivity index (χ0v) is 15.8. The average molecular weight is 356 g/mol. The molecule has 1 aliphatic heterocycles. The fourth-order valence-corrected chi connectivity index (χ4v) is 4.00. The predicted molar refractivity (Wildman–Crippen MR) is 108 cm³/mol. The van der Waals surface area contributed by atoms with Crippen molar-refractivity contribution in [3.8, 4) is 0 Å². The molecule has 3 aromatic rings. The van der Waals surface area contributed by atoms with Crippen LogP contribution in [-0.2, 0) is 0 Å². The first-order valence-corrected chi connectivity index (χ1v) is 9.79. The van der Waals surface area contributed by atoms with Crippen molar-refractivity contribution in [1.29, 1.82) is 0 Å². The first-order chi connectivity index (χ1) is 13.2. The van der Waals surface area contributed by atoms with E-state index in [0.717, 1.165) is 11.7 Å². The first-order valence-electron chi connectivity index (χ1n) is 9.79. The molecule has 5 rings (SSSR count). The molecule has 2 aliphatic rings. The van der Waals surface area contributed by atoms with Crippen LogP contribution in [0.3, 0.4) is 0 Å². The van der Waals surface area contributed by atoms with Gasteiger partial charge >= 0.3 is 0 Å². The van der Waals surface area contributed by atoms with Crippen molar-refractivity contribution in [2.75, 3.05) is 0 Å². The van der Waals surface area contributed by atoms with Gasteiger partial charge in [0.1, 0.15) is 5.84 Å². The Morgan fingerprint density at radius 2 is 1.59 bits per heavy atom. The number of benzene rings is 2. The van der Waals surface area contributed by atoms with Crippen LogP contribution in [0.2, 0.25) is 0 Å². The molecule has 1 aromatic heterocycles.